The summed E-state index contributed by atoms with van der Waals surface area (Å²) in [6, 6.07) is 9.99. The van der Waals surface area contributed by atoms with Gasteiger partial charge in [0.05, 0.1) is 19.8 Å². The third kappa shape index (κ3) is 4.34. The second-order valence-corrected chi connectivity index (χ2v) is 12.1. The number of nitrogens with one attached hydrogen (secondary N) is 1. The van der Waals surface area contributed by atoms with Gasteiger partial charge in [0.15, 0.2) is 13.6 Å². The van der Waals surface area contributed by atoms with E-state index in [1.807, 2.05) is 15.7 Å². The maximum absolute atomic E-state index is 15.8. The molecule has 3 amide bonds. The molecule has 0 saturated carbocycles. The first-order valence-electron chi connectivity index (χ1n) is 13.6. The number of rotatable bonds is 6. The first kappa shape index (κ1) is 29.4. The topological polar surface area (TPSA) is 129 Å². The van der Waals surface area contributed by atoms with Crippen LogP contribution in [0.2, 0.25) is 5.21 Å². The van der Waals surface area contributed by atoms with Crippen molar-refractivity contribution in [1.82, 2.24) is 15.1 Å². The SMILES string of the molecule is BC(B)(c1cccc(COc2cccc3c2CN(C2(B)C(=O)NC(=O)C(B)(B)C2(O)O)C3=O)c1F)N1CCOCC1. The molecule has 0 radical (unpaired) electrons. The molecule has 2 aromatic carbocycles. The van der Waals surface area contributed by atoms with E-state index in [9.17, 15) is 24.6 Å². The Bertz CT molecular complexity index is 1440. The van der Waals surface area contributed by atoms with E-state index in [1.54, 1.807) is 36.4 Å². The lowest BCUT2D eigenvalue weighted by Crippen LogP contribution is -2.81. The number of imide groups is 1. The summed E-state index contributed by atoms with van der Waals surface area (Å²) in [6.45, 7) is 2.26. The Morgan fingerprint density at radius 2 is 1.68 bits per heavy atom. The lowest BCUT2D eigenvalue weighted by atomic mass is 9.41. The fourth-order valence-electron chi connectivity index (χ4n) is 6.03. The van der Waals surface area contributed by atoms with E-state index in [4.69, 9.17) is 9.47 Å². The molecule has 5 rings (SSSR count). The van der Waals surface area contributed by atoms with Crippen molar-refractivity contribution in [2.24, 2.45) is 0 Å². The van der Waals surface area contributed by atoms with Crippen LogP contribution < -0.4 is 10.1 Å². The van der Waals surface area contributed by atoms with Gasteiger partial charge >= 0.3 is 0 Å². The predicted molar refractivity (Wildman–Crippen MR) is 160 cm³/mol. The van der Waals surface area contributed by atoms with E-state index in [0.29, 0.717) is 48.7 Å². The number of carbonyl (C=O) groups is 3. The zero-order chi connectivity index (χ0) is 30.0. The van der Waals surface area contributed by atoms with Crippen molar-refractivity contribution in [3.63, 3.8) is 0 Å². The molecule has 3 aliphatic rings. The first-order valence-corrected chi connectivity index (χ1v) is 13.6. The number of amides is 3. The van der Waals surface area contributed by atoms with Crippen molar-refractivity contribution in [3.8, 4) is 5.75 Å². The number of halogens is 1. The van der Waals surface area contributed by atoms with Crippen LogP contribution in [0.1, 0.15) is 27.0 Å². The number of nitrogens with zero attached hydrogens (tertiary/aromatic N) is 2. The number of benzene rings is 2. The van der Waals surface area contributed by atoms with Gasteiger partial charge in [0.25, 0.3) is 5.91 Å². The van der Waals surface area contributed by atoms with Crippen molar-refractivity contribution in [3.05, 3.63) is 64.5 Å². The van der Waals surface area contributed by atoms with Crippen LogP contribution in [0.25, 0.3) is 0 Å². The van der Waals surface area contributed by atoms with Gasteiger partial charge in [-0.25, -0.2) is 4.39 Å². The van der Waals surface area contributed by atoms with Crippen LogP contribution in [0, 0.1) is 5.82 Å². The maximum atomic E-state index is 15.8. The molecular formula is C25H31B5FN3O7. The molecule has 41 heavy (non-hydrogen) atoms. The summed E-state index contributed by atoms with van der Waals surface area (Å²) >= 11 is 0. The molecule has 210 valence electrons. The molecule has 3 N–H and O–H groups in total. The minimum atomic E-state index is -2.88. The smallest absolute Gasteiger partial charge is 0.255 e. The summed E-state index contributed by atoms with van der Waals surface area (Å²) in [5.41, 5.74) is -0.683. The number of hydrogen-bond donors (Lipinski definition) is 3. The standard InChI is InChI=1S/C25H31B5FN3O7/c26-22(27)20(36)32-21(37)23(28,25(22,38)39)34-11-15-14(19(34)35)4-2-6-17(15)41-12-13-3-1-5-16(18(13)31)24(29,30)33-7-9-40-10-8-33/h1-6,38-39H,7-12,26-30H2,(H,32,36,37). The Morgan fingerprint density at radius 3 is 2.37 bits per heavy atom. The molecule has 0 spiro atoms. The van der Waals surface area contributed by atoms with Gasteiger partial charge in [-0.1, -0.05) is 24.3 Å². The second-order valence-electron chi connectivity index (χ2n) is 12.1. The van der Waals surface area contributed by atoms with Gasteiger partial charge in [0.1, 0.15) is 55.0 Å². The maximum Gasteiger partial charge on any atom is 0.255 e. The van der Waals surface area contributed by atoms with Crippen LogP contribution in [-0.2, 0) is 32.8 Å². The summed E-state index contributed by atoms with van der Waals surface area (Å²) in [5.74, 6) is -5.45. The van der Waals surface area contributed by atoms with Crippen molar-refractivity contribution in [2.75, 3.05) is 26.3 Å². The molecule has 0 aliphatic carbocycles. The number of morpholine rings is 1. The summed E-state index contributed by atoms with van der Waals surface area (Å²) in [5, 5.41) is 22.1. The van der Waals surface area contributed by atoms with E-state index < -0.39 is 39.5 Å². The molecule has 0 bridgehead atoms. The lowest BCUT2D eigenvalue weighted by molar-refractivity contribution is -0.231. The average molecular weight is 559 g/mol. The third-order valence-corrected chi connectivity index (χ3v) is 9.17. The molecule has 1 unspecified atom stereocenters. The van der Waals surface area contributed by atoms with E-state index >= 15 is 4.39 Å². The van der Waals surface area contributed by atoms with Crippen molar-refractivity contribution in [2.45, 2.75) is 34.9 Å². The zero-order valence-corrected chi connectivity index (χ0v) is 23.9. The van der Waals surface area contributed by atoms with E-state index in [-0.39, 0.29) is 24.5 Å². The van der Waals surface area contributed by atoms with Crippen LogP contribution in [0.3, 0.4) is 0 Å². The Balaban J connectivity index is 1.41. The molecule has 2 fully saturated rings. The Hall–Kier alpha value is -3.06. The van der Waals surface area contributed by atoms with E-state index in [2.05, 4.69) is 10.2 Å². The minimum absolute atomic E-state index is 0.118. The average Bonchev–Trinajstić information content (AvgIpc) is 3.28. The fourth-order valence-corrected chi connectivity index (χ4v) is 6.03. The van der Waals surface area contributed by atoms with Crippen molar-refractivity contribution >= 4 is 57.0 Å². The first-order chi connectivity index (χ1) is 19.2. The lowest BCUT2D eigenvalue weighted by Gasteiger charge is -2.55. The molecule has 3 heterocycles. The minimum Gasteiger partial charge on any atom is -0.488 e. The van der Waals surface area contributed by atoms with Gasteiger partial charge < -0.3 is 29.5 Å². The van der Waals surface area contributed by atoms with Crippen LogP contribution in [0.5, 0.6) is 5.75 Å². The number of carbonyl (C=O) groups excluding carboxylic acids is 3. The second kappa shape index (κ2) is 10.0. The molecule has 3 aliphatic heterocycles. The van der Waals surface area contributed by atoms with Gasteiger partial charge in [0, 0.05) is 35.0 Å². The van der Waals surface area contributed by atoms with Gasteiger partial charge in [-0.2, -0.15) is 0 Å². The summed E-state index contributed by atoms with van der Waals surface area (Å²) in [7, 11) is 7.75. The number of hydrogen-bond acceptors (Lipinski definition) is 8. The van der Waals surface area contributed by atoms with Gasteiger partial charge in [0.2, 0.25) is 11.8 Å². The van der Waals surface area contributed by atoms with Gasteiger partial charge in [-0.15, -0.1) is 0 Å². The summed E-state index contributed by atoms with van der Waals surface area (Å²) in [4.78, 5) is 42.2. The highest BCUT2D eigenvalue weighted by Gasteiger charge is 2.69. The largest absolute Gasteiger partial charge is 0.488 e. The van der Waals surface area contributed by atoms with E-state index in [0.717, 1.165) is 4.90 Å². The van der Waals surface area contributed by atoms with Gasteiger partial charge in [-0.05, 0) is 23.0 Å². The number of ether oxygens (including phenoxy) is 2. The molecule has 2 saturated heterocycles. The Kier molecular flexibility index (Phi) is 7.21. The number of aliphatic hydroxyl groups is 2. The third-order valence-electron chi connectivity index (χ3n) is 9.17. The van der Waals surface area contributed by atoms with Crippen LogP contribution in [-0.4, -0.2) is 114 Å². The molecule has 10 nitrogen and oxygen atoms in total. The van der Waals surface area contributed by atoms with Crippen LogP contribution >= 0.6 is 0 Å². The van der Waals surface area contributed by atoms with Crippen LogP contribution in [0.15, 0.2) is 36.4 Å². The highest BCUT2D eigenvalue weighted by atomic mass is 19.1. The predicted octanol–water partition coefficient (Wildman–Crippen LogP) is -4.88. The van der Waals surface area contributed by atoms with Crippen molar-refractivity contribution < 1.29 is 38.5 Å². The number of fused-ring (bicyclic) bond motifs is 1. The quantitative estimate of drug-likeness (QED) is 0.183. The molecule has 1 atom stereocenters. The van der Waals surface area contributed by atoms with Gasteiger partial charge in [-0.3, -0.25) is 19.7 Å². The zero-order valence-electron chi connectivity index (χ0n) is 23.9. The fraction of sp³-hybridized carbons (Fsp3) is 0.400. The Labute approximate surface area is 242 Å². The summed E-state index contributed by atoms with van der Waals surface area (Å²) in [6.07, 6.45) is 0. The molecule has 2 aromatic rings. The number of piperidine rings is 1. The molecular weight excluding hydrogens is 527 g/mol. The van der Waals surface area contributed by atoms with Crippen molar-refractivity contribution in [1.29, 1.82) is 0 Å². The Morgan fingerprint density at radius 1 is 1.02 bits per heavy atom. The highest BCUT2D eigenvalue weighted by Crippen LogP contribution is 2.47. The molecule has 0 aromatic heterocycles. The monoisotopic (exact) mass is 559 g/mol. The van der Waals surface area contributed by atoms with E-state index in [1.165, 1.54) is 23.5 Å². The normalized spacial score (nSPS) is 24.2. The molecule has 16 heteroatoms. The highest BCUT2D eigenvalue weighted by molar-refractivity contribution is 6.55. The summed E-state index contributed by atoms with van der Waals surface area (Å²) < 4.78 is 27.3. The van der Waals surface area contributed by atoms with Crippen LogP contribution in [0.4, 0.5) is 4.39 Å².